The maximum atomic E-state index is 13.1. The quantitative estimate of drug-likeness (QED) is 0.829. The predicted molar refractivity (Wildman–Crippen MR) is 107 cm³/mol. The van der Waals surface area contributed by atoms with Crippen LogP contribution in [0.15, 0.2) is 12.4 Å². The topological polar surface area (TPSA) is 62.2 Å². The number of rotatable bonds is 5. The first-order valence-electron chi connectivity index (χ1n) is 10.9. The lowest BCUT2D eigenvalue weighted by Crippen LogP contribution is -2.58. The van der Waals surface area contributed by atoms with Gasteiger partial charge < -0.3 is 10.6 Å². The molecule has 3 fully saturated rings. The van der Waals surface area contributed by atoms with Crippen LogP contribution in [0.4, 0.5) is 0 Å². The molecule has 1 saturated carbocycles. The number of nitrogens with zero attached hydrogens (tertiary/aromatic N) is 3. The Balaban J connectivity index is 1.41. The summed E-state index contributed by atoms with van der Waals surface area (Å²) in [7, 11) is 1.94. The molecule has 2 atom stereocenters. The number of aryl methyl sites for hydroxylation is 1. The molecule has 1 aromatic heterocycles. The fourth-order valence-electron chi connectivity index (χ4n) is 5.50. The maximum absolute atomic E-state index is 13.1. The summed E-state index contributed by atoms with van der Waals surface area (Å²) in [5, 5.41) is 11.1. The molecular weight excluding hydrogens is 338 g/mol. The first kappa shape index (κ1) is 18.9. The van der Waals surface area contributed by atoms with E-state index in [-0.39, 0.29) is 23.3 Å². The number of nitrogens with one attached hydrogen (secondary N) is 2. The van der Waals surface area contributed by atoms with Gasteiger partial charge in [0.25, 0.3) is 0 Å². The first-order valence-corrected chi connectivity index (χ1v) is 10.9. The third kappa shape index (κ3) is 4.06. The van der Waals surface area contributed by atoms with E-state index in [2.05, 4.69) is 20.6 Å². The Morgan fingerprint density at radius 1 is 1.19 bits per heavy atom. The van der Waals surface area contributed by atoms with Crippen LogP contribution >= 0.6 is 0 Å². The Kier molecular flexibility index (Phi) is 5.83. The van der Waals surface area contributed by atoms with Gasteiger partial charge in [0.15, 0.2) is 0 Å². The van der Waals surface area contributed by atoms with Crippen molar-refractivity contribution in [1.82, 2.24) is 25.3 Å². The van der Waals surface area contributed by atoms with E-state index < -0.39 is 0 Å². The molecule has 1 aromatic rings. The molecule has 2 saturated heterocycles. The van der Waals surface area contributed by atoms with Crippen molar-refractivity contribution in [1.29, 1.82) is 0 Å². The van der Waals surface area contributed by atoms with Crippen molar-refractivity contribution in [3.8, 4) is 0 Å². The van der Waals surface area contributed by atoms with Crippen LogP contribution in [0.1, 0.15) is 62.8 Å². The predicted octanol–water partition coefficient (Wildman–Crippen LogP) is 2.03. The molecule has 2 N–H and O–H groups in total. The summed E-state index contributed by atoms with van der Waals surface area (Å²) in [5.41, 5.74) is 1.37. The minimum Gasteiger partial charge on any atom is -0.354 e. The van der Waals surface area contributed by atoms with Crippen molar-refractivity contribution in [2.24, 2.45) is 13.0 Å². The number of hydrogen-bond acceptors (Lipinski definition) is 4. The van der Waals surface area contributed by atoms with Gasteiger partial charge in [0.2, 0.25) is 5.91 Å². The maximum Gasteiger partial charge on any atom is 0.225 e. The van der Waals surface area contributed by atoms with E-state index in [1.54, 1.807) is 0 Å². The second-order valence-electron chi connectivity index (χ2n) is 8.87. The van der Waals surface area contributed by atoms with Gasteiger partial charge in [-0.25, -0.2) is 0 Å². The van der Waals surface area contributed by atoms with Gasteiger partial charge in [-0.2, -0.15) is 5.10 Å². The van der Waals surface area contributed by atoms with Gasteiger partial charge in [-0.15, -0.1) is 0 Å². The number of piperidine rings is 1. The number of carbonyl (C=O) groups is 1. The summed E-state index contributed by atoms with van der Waals surface area (Å²) in [6.07, 6.45) is 14.4. The largest absolute Gasteiger partial charge is 0.354 e. The van der Waals surface area contributed by atoms with Crippen LogP contribution in [0.25, 0.3) is 0 Å². The average Bonchev–Trinajstić information content (AvgIpc) is 3.36. The average molecular weight is 374 g/mol. The smallest absolute Gasteiger partial charge is 0.225 e. The Bertz CT molecular complexity index is 630. The van der Waals surface area contributed by atoms with Crippen molar-refractivity contribution in [2.45, 2.75) is 62.8 Å². The van der Waals surface area contributed by atoms with Crippen LogP contribution < -0.4 is 10.6 Å². The summed E-state index contributed by atoms with van der Waals surface area (Å²) in [4.78, 5) is 15.8. The van der Waals surface area contributed by atoms with Gasteiger partial charge in [-0.05, 0) is 44.3 Å². The van der Waals surface area contributed by atoms with Gasteiger partial charge in [0.05, 0.1) is 12.1 Å². The molecule has 1 amide bonds. The van der Waals surface area contributed by atoms with Crippen molar-refractivity contribution >= 4 is 5.91 Å². The minimum atomic E-state index is 0.0104. The summed E-state index contributed by atoms with van der Waals surface area (Å²) in [5.74, 6) is 0.461. The molecule has 1 aliphatic carbocycles. The van der Waals surface area contributed by atoms with Crippen LogP contribution in [-0.4, -0.2) is 58.9 Å². The molecule has 0 spiro atoms. The van der Waals surface area contributed by atoms with E-state index in [0.29, 0.717) is 0 Å². The van der Waals surface area contributed by atoms with Gasteiger partial charge >= 0.3 is 0 Å². The van der Waals surface area contributed by atoms with Crippen molar-refractivity contribution < 1.29 is 4.79 Å². The van der Waals surface area contributed by atoms with Crippen molar-refractivity contribution in [3.63, 3.8) is 0 Å². The SMILES string of the molecule is Cn1cc([C@H]2CNC[C@@H]2C(=O)NCC2(N3CCCCC3)CCCCC2)cn1. The van der Waals surface area contributed by atoms with E-state index in [9.17, 15) is 4.79 Å². The Labute approximate surface area is 163 Å². The minimum absolute atomic E-state index is 0.0104. The number of hydrogen-bond donors (Lipinski definition) is 2. The lowest BCUT2D eigenvalue weighted by molar-refractivity contribution is -0.125. The molecule has 3 aliphatic rings. The first-order chi connectivity index (χ1) is 13.2. The number of likely N-dealkylation sites (tertiary alicyclic amines) is 1. The molecular formula is C21H35N5O. The highest BCUT2D eigenvalue weighted by atomic mass is 16.2. The molecule has 0 unspecified atom stereocenters. The molecule has 6 nitrogen and oxygen atoms in total. The fraction of sp³-hybridized carbons (Fsp3) is 0.810. The molecule has 0 bridgehead atoms. The summed E-state index contributed by atoms with van der Waals surface area (Å²) >= 11 is 0. The highest BCUT2D eigenvalue weighted by molar-refractivity contribution is 5.80. The summed E-state index contributed by atoms with van der Waals surface area (Å²) in [6, 6.07) is 0. The molecule has 3 heterocycles. The van der Waals surface area contributed by atoms with Crippen LogP contribution in [0.2, 0.25) is 0 Å². The molecule has 27 heavy (non-hydrogen) atoms. The molecule has 0 radical (unpaired) electrons. The normalized spacial score (nSPS) is 28.9. The second-order valence-corrected chi connectivity index (χ2v) is 8.87. The highest BCUT2D eigenvalue weighted by Crippen LogP contribution is 2.35. The number of carbonyl (C=O) groups excluding carboxylic acids is 1. The zero-order valence-corrected chi connectivity index (χ0v) is 16.8. The van der Waals surface area contributed by atoms with Crippen molar-refractivity contribution in [3.05, 3.63) is 18.0 Å². The molecule has 6 heteroatoms. The van der Waals surface area contributed by atoms with E-state index in [1.165, 1.54) is 70.0 Å². The van der Waals surface area contributed by atoms with Crippen LogP contribution in [0.5, 0.6) is 0 Å². The monoisotopic (exact) mass is 373 g/mol. The third-order valence-electron chi connectivity index (χ3n) is 7.11. The number of aromatic nitrogens is 2. The second kappa shape index (κ2) is 8.31. The Hall–Kier alpha value is -1.40. The fourth-order valence-corrected chi connectivity index (χ4v) is 5.50. The van der Waals surface area contributed by atoms with Crippen LogP contribution in [-0.2, 0) is 11.8 Å². The summed E-state index contributed by atoms with van der Waals surface area (Å²) in [6.45, 7) is 4.86. The summed E-state index contributed by atoms with van der Waals surface area (Å²) < 4.78 is 1.83. The Morgan fingerprint density at radius 3 is 2.63 bits per heavy atom. The van der Waals surface area contributed by atoms with Gasteiger partial charge in [0.1, 0.15) is 0 Å². The van der Waals surface area contributed by atoms with E-state index in [4.69, 9.17) is 0 Å². The zero-order valence-electron chi connectivity index (χ0n) is 16.8. The lowest BCUT2D eigenvalue weighted by Gasteiger charge is -2.48. The van der Waals surface area contributed by atoms with E-state index in [0.717, 1.165) is 19.6 Å². The lowest BCUT2D eigenvalue weighted by atomic mass is 9.79. The molecule has 150 valence electrons. The highest BCUT2D eigenvalue weighted by Gasteiger charge is 2.40. The Morgan fingerprint density at radius 2 is 1.93 bits per heavy atom. The molecule has 4 rings (SSSR count). The van der Waals surface area contributed by atoms with Gasteiger partial charge in [0, 0.05) is 44.3 Å². The zero-order chi connectivity index (χ0) is 18.7. The van der Waals surface area contributed by atoms with E-state index in [1.807, 2.05) is 24.1 Å². The molecule has 2 aliphatic heterocycles. The van der Waals surface area contributed by atoms with Crippen molar-refractivity contribution in [2.75, 3.05) is 32.7 Å². The standard InChI is InChI=1S/C21H35N5O/c1-25-15-17(12-24-25)18-13-22-14-19(18)20(27)23-16-21(8-4-2-5-9-21)26-10-6-3-7-11-26/h12,15,18-19,22H,2-11,13-14,16H2,1H3,(H,23,27)/t18-,19+/m1/s1. The van der Waals surface area contributed by atoms with Gasteiger partial charge in [-0.1, -0.05) is 25.7 Å². The van der Waals surface area contributed by atoms with E-state index >= 15 is 0 Å². The van der Waals surface area contributed by atoms with Crippen LogP contribution in [0.3, 0.4) is 0 Å². The van der Waals surface area contributed by atoms with Gasteiger partial charge in [-0.3, -0.25) is 14.4 Å². The van der Waals surface area contributed by atoms with Crippen LogP contribution in [0, 0.1) is 5.92 Å². The number of amides is 1. The molecule has 0 aromatic carbocycles. The third-order valence-corrected chi connectivity index (χ3v) is 7.11.